The van der Waals surface area contributed by atoms with Gasteiger partial charge < -0.3 is 10.8 Å². The largest absolute Gasteiger partial charge is 0.494 e. The lowest BCUT2D eigenvalue weighted by Gasteiger charge is -2.03. The van der Waals surface area contributed by atoms with Crippen molar-refractivity contribution in [2.75, 3.05) is 5.73 Å². The molecular formula is C12H11N5O2. The lowest BCUT2D eigenvalue weighted by atomic mass is 10.3. The number of nitrogen functional groups attached to an aromatic ring is 1. The van der Waals surface area contributed by atoms with Crippen LogP contribution in [0.4, 0.5) is 5.82 Å². The Bertz CT molecular complexity index is 791. The molecule has 0 aliphatic carbocycles. The molecule has 0 aliphatic rings. The number of pyridine rings is 2. The number of H-pyrrole nitrogens is 1. The van der Waals surface area contributed by atoms with Gasteiger partial charge in [0.1, 0.15) is 16.7 Å². The molecule has 7 nitrogen and oxygen atoms in total. The molecule has 0 aromatic carbocycles. The van der Waals surface area contributed by atoms with Crippen LogP contribution in [0.5, 0.6) is 5.88 Å². The molecule has 3 heterocycles. The summed E-state index contributed by atoms with van der Waals surface area (Å²) in [5.74, 6) is 0.0409. The molecule has 0 saturated heterocycles. The first kappa shape index (κ1) is 11.3. The zero-order valence-electron chi connectivity index (χ0n) is 9.87. The Balaban J connectivity index is 2.13. The summed E-state index contributed by atoms with van der Waals surface area (Å²) in [4.78, 5) is 17.9. The maximum absolute atomic E-state index is 11.7. The van der Waals surface area contributed by atoms with E-state index in [9.17, 15) is 9.90 Å². The van der Waals surface area contributed by atoms with Crippen molar-refractivity contribution < 1.29 is 5.11 Å². The summed E-state index contributed by atoms with van der Waals surface area (Å²) in [7, 11) is 0. The van der Waals surface area contributed by atoms with E-state index in [4.69, 9.17) is 5.73 Å². The van der Waals surface area contributed by atoms with E-state index in [1.54, 1.807) is 12.4 Å². The standard InChI is InChI=1S/C12H11N5O2/c13-11-10-8(5-9(18)15-12(10)19)16-17(11)6-7-1-3-14-4-2-7/h1-5,18H,6,13H2,(H,15,19). The van der Waals surface area contributed by atoms with Crippen LogP contribution in [-0.4, -0.2) is 24.9 Å². The summed E-state index contributed by atoms with van der Waals surface area (Å²) in [6.45, 7) is 0.434. The highest BCUT2D eigenvalue weighted by atomic mass is 16.3. The van der Waals surface area contributed by atoms with E-state index >= 15 is 0 Å². The predicted molar refractivity (Wildman–Crippen MR) is 69.8 cm³/mol. The molecule has 0 radical (unpaired) electrons. The molecular weight excluding hydrogens is 246 g/mol. The topological polar surface area (TPSA) is 110 Å². The summed E-state index contributed by atoms with van der Waals surface area (Å²) in [6.07, 6.45) is 3.35. The van der Waals surface area contributed by atoms with Crippen molar-refractivity contribution in [3.05, 3.63) is 46.5 Å². The van der Waals surface area contributed by atoms with Crippen LogP contribution in [-0.2, 0) is 6.54 Å². The Hall–Kier alpha value is -2.83. The first-order chi connectivity index (χ1) is 9.15. The van der Waals surface area contributed by atoms with Crippen LogP contribution in [0.2, 0.25) is 0 Å². The molecule has 7 heteroatoms. The molecule has 0 amide bonds. The average molecular weight is 257 g/mol. The fourth-order valence-corrected chi connectivity index (χ4v) is 1.95. The van der Waals surface area contributed by atoms with Crippen LogP contribution in [0, 0.1) is 0 Å². The van der Waals surface area contributed by atoms with E-state index < -0.39 is 5.56 Å². The van der Waals surface area contributed by atoms with Crippen molar-refractivity contribution in [2.24, 2.45) is 0 Å². The number of fused-ring (bicyclic) bond motifs is 1. The fraction of sp³-hybridized carbons (Fsp3) is 0.0833. The van der Waals surface area contributed by atoms with Gasteiger partial charge >= 0.3 is 0 Å². The molecule has 3 aromatic heterocycles. The second-order valence-corrected chi connectivity index (χ2v) is 4.14. The van der Waals surface area contributed by atoms with E-state index in [1.807, 2.05) is 12.1 Å². The van der Waals surface area contributed by atoms with Crippen LogP contribution >= 0.6 is 0 Å². The summed E-state index contributed by atoms with van der Waals surface area (Å²) in [6, 6.07) is 5.05. The SMILES string of the molecule is Nc1c2c(=O)[nH]c(O)cc2nn1Cc1ccncc1. The Morgan fingerprint density at radius 2 is 2.11 bits per heavy atom. The van der Waals surface area contributed by atoms with Gasteiger partial charge in [-0.1, -0.05) is 0 Å². The van der Waals surface area contributed by atoms with Gasteiger partial charge in [0.15, 0.2) is 5.88 Å². The van der Waals surface area contributed by atoms with E-state index in [0.29, 0.717) is 12.1 Å². The van der Waals surface area contributed by atoms with Crippen molar-refractivity contribution in [1.82, 2.24) is 19.7 Å². The number of nitrogens with one attached hydrogen (secondary N) is 1. The van der Waals surface area contributed by atoms with E-state index in [2.05, 4.69) is 15.1 Å². The van der Waals surface area contributed by atoms with Gasteiger partial charge in [0.2, 0.25) is 0 Å². The van der Waals surface area contributed by atoms with Crippen molar-refractivity contribution in [2.45, 2.75) is 6.54 Å². The summed E-state index contributed by atoms with van der Waals surface area (Å²) < 4.78 is 1.52. The number of rotatable bonds is 2. The van der Waals surface area contributed by atoms with Gasteiger partial charge in [-0.05, 0) is 17.7 Å². The van der Waals surface area contributed by atoms with Crippen molar-refractivity contribution in [3.63, 3.8) is 0 Å². The molecule has 4 N–H and O–H groups in total. The zero-order valence-corrected chi connectivity index (χ0v) is 9.87. The third-order valence-corrected chi connectivity index (χ3v) is 2.84. The monoisotopic (exact) mass is 257 g/mol. The maximum atomic E-state index is 11.7. The lowest BCUT2D eigenvalue weighted by Crippen LogP contribution is -2.09. The first-order valence-corrected chi connectivity index (χ1v) is 5.62. The number of hydrogen-bond acceptors (Lipinski definition) is 5. The van der Waals surface area contributed by atoms with Crippen molar-refractivity contribution >= 4 is 16.7 Å². The molecule has 19 heavy (non-hydrogen) atoms. The van der Waals surface area contributed by atoms with E-state index in [-0.39, 0.29) is 17.1 Å². The van der Waals surface area contributed by atoms with Crippen LogP contribution in [0.3, 0.4) is 0 Å². The Morgan fingerprint density at radius 1 is 1.37 bits per heavy atom. The highest BCUT2D eigenvalue weighted by Crippen LogP contribution is 2.19. The maximum Gasteiger partial charge on any atom is 0.263 e. The molecule has 96 valence electrons. The summed E-state index contributed by atoms with van der Waals surface area (Å²) >= 11 is 0. The van der Waals surface area contributed by atoms with Crippen molar-refractivity contribution in [3.8, 4) is 5.88 Å². The molecule has 3 rings (SSSR count). The van der Waals surface area contributed by atoms with Crippen LogP contribution in [0.1, 0.15) is 5.56 Å². The smallest absolute Gasteiger partial charge is 0.263 e. The van der Waals surface area contributed by atoms with Gasteiger partial charge in [-0.2, -0.15) is 5.10 Å². The predicted octanol–water partition coefficient (Wildman–Crippen LogP) is 0.456. The molecule has 0 bridgehead atoms. The molecule has 0 spiro atoms. The number of aromatic hydroxyl groups is 1. The number of hydrogen-bond donors (Lipinski definition) is 3. The number of aromatic nitrogens is 4. The highest BCUT2D eigenvalue weighted by molar-refractivity contribution is 5.88. The lowest BCUT2D eigenvalue weighted by molar-refractivity contribution is 0.453. The Labute approximate surface area is 107 Å². The molecule has 0 unspecified atom stereocenters. The van der Waals surface area contributed by atoms with E-state index in [1.165, 1.54) is 10.7 Å². The van der Waals surface area contributed by atoms with Gasteiger partial charge in [-0.3, -0.25) is 14.8 Å². The number of nitrogens with zero attached hydrogens (tertiary/aromatic N) is 3. The van der Waals surface area contributed by atoms with E-state index in [0.717, 1.165) is 5.56 Å². The van der Waals surface area contributed by atoms with Crippen LogP contribution in [0.15, 0.2) is 35.4 Å². The minimum absolute atomic E-state index is 0.230. The molecule has 0 fully saturated rings. The number of anilines is 1. The van der Waals surface area contributed by atoms with Gasteiger partial charge in [-0.15, -0.1) is 0 Å². The zero-order chi connectivity index (χ0) is 13.4. The van der Waals surface area contributed by atoms with Gasteiger partial charge in [0.25, 0.3) is 5.56 Å². The Kier molecular flexibility index (Phi) is 2.45. The fourth-order valence-electron chi connectivity index (χ4n) is 1.95. The average Bonchev–Trinajstić information content (AvgIpc) is 2.67. The second kappa shape index (κ2) is 4.13. The minimum atomic E-state index is -0.450. The number of aromatic amines is 1. The quantitative estimate of drug-likeness (QED) is 0.617. The normalized spacial score (nSPS) is 10.9. The third kappa shape index (κ3) is 1.90. The number of nitrogens with two attached hydrogens (primary N) is 1. The van der Waals surface area contributed by atoms with Crippen LogP contribution < -0.4 is 11.3 Å². The van der Waals surface area contributed by atoms with Crippen LogP contribution in [0.25, 0.3) is 10.9 Å². The third-order valence-electron chi connectivity index (χ3n) is 2.84. The second-order valence-electron chi connectivity index (χ2n) is 4.14. The molecule has 0 saturated carbocycles. The Morgan fingerprint density at radius 3 is 2.84 bits per heavy atom. The van der Waals surface area contributed by atoms with Gasteiger partial charge in [0, 0.05) is 18.5 Å². The molecule has 0 atom stereocenters. The molecule has 0 aliphatic heterocycles. The summed E-state index contributed by atoms with van der Waals surface area (Å²) in [5, 5.41) is 13.9. The van der Waals surface area contributed by atoms with Gasteiger partial charge in [0.05, 0.1) is 6.54 Å². The minimum Gasteiger partial charge on any atom is -0.494 e. The summed E-state index contributed by atoms with van der Waals surface area (Å²) in [5.41, 5.74) is 6.81. The molecule has 3 aromatic rings. The van der Waals surface area contributed by atoms with Gasteiger partial charge in [-0.25, -0.2) is 4.68 Å². The first-order valence-electron chi connectivity index (χ1n) is 5.62. The van der Waals surface area contributed by atoms with Crippen molar-refractivity contribution in [1.29, 1.82) is 0 Å². The highest BCUT2D eigenvalue weighted by Gasteiger charge is 2.13.